The van der Waals surface area contributed by atoms with Crippen LogP contribution in [-0.2, 0) is 12.8 Å². The summed E-state index contributed by atoms with van der Waals surface area (Å²) in [5.74, 6) is 0.649. The Morgan fingerprint density at radius 3 is 2.80 bits per heavy atom. The quantitative estimate of drug-likeness (QED) is 0.794. The summed E-state index contributed by atoms with van der Waals surface area (Å²) in [6.45, 7) is 6.17. The SMILES string of the molecule is CCCc1nc2[nH]c3cc(C)ccc3n2c(=O)c1CC. The molecule has 0 aliphatic rings. The van der Waals surface area contributed by atoms with E-state index >= 15 is 0 Å². The number of H-pyrrole nitrogens is 1. The summed E-state index contributed by atoms with van der Waals surface area (Å²) in [5, 5.41) is 0. The van der Waals surface area contributed by atoms with Crippen LogP contribution in [0.1, 0.15) is 37.1 Å². The number of nitrogens with one attached hydrogen (secondary N) is 1. The molecule has 0 saturated carbocycles. The summed E-state index contributed by atoms with van der Waals surface area (Å²) in [6, 6.07) is 6.05. The molecule has 0 radical (unpaired) electrons. The minimum Gasteiger partial charge on any atom is -0.323 e. The Morgan fingerprint density at radius 2 is 2.10 bits per heavy atom. The van der Waals surface area contributed by atoms with E-state index in [9.17, 15) is 4.79 Å². The summed E-state index contributed by atoms with van der Waals surface area (Å²) in [4.78, 5) is 20.7. The Labute approximate surface area is 117 Å². The molecule has 1 aromatic carbocycles. The topological polar surface area (TPSA) is 50.2 Å². The van der Waals surface area contributed by atoms with Gasteiger partial charge < -0.3 is 4.98 Å². The van der Waals surface area contributed by atoms with Crippen LogP contribution in [-0.4, -0.2) is 14.4 Å². The normalized spacial score (nSPS) is 11.6. The van der Waals surface area contributed by atoms with Crippen molar-refractivity contribution in [3.8, 4) is 0 Å². The van der Waals surface area contributed by atoms with Gasteiger partial charge in [-0.05, 0) is 37.5 Å². The van der Waals surface area contributed by atoms with Gasteiger partial charge in [-0.2, -0.15) is 0 Å². The van der Waals surface area contributed by atoms with Crippen LogP contribution < -0.4 is 5.56 Å². The van der Waals surface area contributed by atoms with Gasteiger partial charge in [-0.25, -0.2) is 9.38 Å². The van der Waals surface area contributed by atoms with Crippen LogP contribution in [0.3, 0.4) is 0 Å². The van der Waals surface area contributed by atoms with Gasteiger partial charge in [0.25, 0.3) is 5.56 Å². The molecule has 3 rings (SSSR count). The van der Waals surface area contributed by atoms with Crippen molar-refractivity contribution < 1.29 is 0 Å². The van der Waals surface area contributed by atoms with E-state index in [1.54, 1.807) is 4.40 Å². The number of hydrogen-bond donors (Lipinski definition) is 1. The highest BCUT2D eigenvalue weighted by Gasteiger charge is 2.14. The molecule has 0 amide bonds. The maximum Gasteiger partial charge on any atom is 0.263 e. The molecule has 104 valence electrons. The van der Waals surface area contributed by atoms with Gasteiger partial charge in [0.15, 0.2) is 0 Å². The first-order valence-electron chi connectivity index (χ1n) is 7.18. The number of aromatic amines is 1. The van der Waals surface area contributed by atoms with Gasteiger partial charge >= 0.3 is 0 Å². The van der Waals surface area contributed by atoms with E-state index < -0.39 is 0 Å². The Bertz CT molecular complexity index is 842. The molecule has 0 aliphatic heterocycles. The van der Waals surface area contributed by atoms with Crippen molar-refractivity contribution in [2.45, 2.75) is 40.0 Å². The monoisotopic (exact) mass is 269 g/mol. The fourth-order valence-corrected chi connectivity index (χ4v) is 2.77. The zero-order chi connectivity index (χ0) is 14.3. The van der Waals surface area contributed by atoms with Crippen LogP contribution in [0.25, 0.3) is 16.8 Å². The third-order valence-electron chi connectivity index (χ3n) is 3.74. The van der Waals surface area contributed by atoms with Crippen LogP contribution in [0.15, 0.2) is 23.0 Å². The highest BCUT2D eigenvalue weighted by molar-refractivity contribution is 5.80. The molecule has 2 aromatic heterocycles. The van der Waals surface area contributed by atoms with Crippen molar-refractivity contribution in [2.75, 3.05) is 0 Å². The molecule has 2 heterocycles. The fourth-order valence-electron chi connectivity index (χ4n) is 2.77. The average Bonchev–Trinajstić information content (AvgIpc) is 2.76. The number of aromatic nitrogens is 3. The van der Waals surface area contributed by atoms with Gasteiger partial charge in [0.2, 0.25) is 5.78 Å². The van der Waals surface area contributed by atoms with Crippen LogP contribution >= 0.6 is 0 Å². The standard InChI is InChI=1S/C16H19N3O/c1-4-6-12-11(5-2)15(20)19-14-8-7-10(3)9-13(14)18-16(19)17-12/h7-9H,4-6H2,1-3H3,(H,17,18). The zero-order valence-corrected chi connectivity index (χ0v) is 12.2. The highest BCUT2D eigenvalue weighted by atomic mass is 16.1. The second-order valence-electron chi connectivity index (χ2n) is 5.25. The molecular weight excluding hydrogens is 250 g/mol. The van der Waals surface area contributed by atoms with E-state index in [1.165, 1.54) is 5.56 Å². The first-order valence-corrected chi connectivity index (χ1v) is 7.18. The third-order valence-corrected chi connectivity index (χ3v) is 3.74. The van der Waals surface area contributed by atoms with E-state index in [1.807, 2.05) is 26.0 Å². The van der Waals surface area contributed by atoms with E-state index in [0.717, 1.165) is 41.6 Å². The Hall–Kier alpha value is -2.10. The number of hydrogen-bond acceptors (Lipinski definition) is 2. The lowest BCUT2D eigenvalue weighted by atomic mass is 10.1. The van der Waals surface area contributed by atoms with Gasteiger partial charge in [-0.1, -0.05) is 26.3 Å². The molecular formula is C16H19N3O. The molecule has 1 N–H and O–H groups in total. The number of benzene rings is 1. The lowest BCUT2D eigenvalue weighted by molar-refractivity contribution is 0.835. The maximum atomic E-state index is 12.7. The largest absolute Gasteiger partial charge is 0.323 e. The molecule has 4 heteroatoms. The molecule has 4 nitrogen and oxygen atoms in total. The van der Waals surface area contributed by atoms with Crippen LogP contribution in [0, 0.1) is 6.92 Å². The second-order valence-corrected chi connectivity index (χ2v) is 5.25. The summed E-state index contributed by atoms with van der Waals surface area (Å²) in [6.07, 6.45) is 2.57. The molecule has 0 fully saturated rings. The molecule has 0 bridgehead atoms. The van der Waals surface area contributed by atoms with Crippen LogP contribution in [0.2, 0.25) is 0 Å². The maximum absolute atomic E-state index is 12.7. The molecule has 0 aliphatic carbocycles. The van der Waals surface area contributed by atoms with Crippen molar-refractivity contribution in [1.29, 1.82) is 0 Å². The second kappa shape index (κ2) is 4.78. The molecule has 0 unspecified atom stereocenters. The smallest absolute Gasteiger partial charge is 0.263 e. The summed E-state index contributed by atoms with van der Waals surface area (Å²) >= 11 is 0. The number of nitrogens with zero attached hydrogens (tertiary/aromatic N) is 2. The van der Waals surface area contributed by atoms with E-state index in [2.05, 4.69) is 23.0 Å². The van der Waals surface area contributed by atoms with Crippen molar-refractivity contribution in [2.24, 2.45) is 0 Å². The summed E-state index contributed by atoms with van der Waals surface area (Å²) in [7, 11) is 0. The van der Waals surface area contributed by atoms with Gasteiger partial charge in [0, 0.05) is 5.56 Å². The molecule has 0 atom stereocenters. The first-order chi connectivity index (χ1) is 9.65. The van der Waals surface area contributed by atoms with E-state index in [-0.39, 0.29) is 5.56 Å². The van der Waals surface area contributed by atoms with Crippen LogP contribution in [0.5, 0.6) is 0 Å². The first kappa shape index (κ1) is 12.9. The average molecular weight is 269 g/mol. The fraction of sp³-hybridized carbons (Fsp3) is 0.375. The summed E-state index contributed by atoms with van der Waals surface area (Å²) < 4.78 is 1.70. The number of fused-ring (bicyclic) bond motifs is 3. The van der Waals surface area contributed by atoms with Crippen LogP contribution in [0.4, 0.5) is 0 Å². The van der Waals surface area contributed by atoms with Crippen molar-refractivity contribution in [3.63, 3.8) is 0 Å². The lowest BCUT2D eigenvalue weighted by Gasteiger charge is -2.06. The zero-order valence-electron chi connectivity index (χ0n) is 12.2. The molecule has 20 heavy (non-hydrogen) atoms. The van der Waals surface area contributed by atoms with E-state index in [4.69, 9.17) is 0 Å². The van der Waals surface area contributed by atoms with Gasteiger partial charge in [-0.3, -0.25) is 4.79 Å². The predicted octanol–water partition coefficient (Wildman–Crippen LogP) is 3.00. The number of aryl methyl sites for hydroxylation is 2. The molecule has 0 saturated heterocycles. The molecule has 3 aromatic rings. The van der Waals surface area contributed by atoms with Gasteiger partial charge in [0.05, 0.1) is 16.7 Å². The minimum atomic E-state index is 0.0658. The number of rotatable bonds is 3. The Balaban J connectivity index is 2.44. The Morgan fingerprint density at radius 1 is 1.30 bits per heavy atom. The van der Waals surface area contributed by atoms with Crippen molar-refractivity contribution in [3.05, 3.63) is 45.4 Å². The number of imidazole rings is 1. The van der Waals surface area contributed by atoms with Gasteiger partial charge in [0.1, 0.15) is 0 Å². The van der Waals surface area contributed by atoms with Crippen molar-refractivity contribution >= 4 is 16.8 Å². The molecule has 0 spiro atoms. The summed E-state index contributed by atoms with van der Waals surface area (Å²) in [5.41, 5.74) is 4.87. The van der Waals surface area contributed by atoms with Crippen molar-refractivity contribution in [1.82, 2.24) is 14.4 Å². The Kier molecular flexibility index (Phi) is 3.08. The van der Waals surface area contributed by atoms with E-state index in [0.29, 0.717) is 5.78 Å². The third kappa shape index (κ3) is 1.83. The van der Waals surface area contributed by atoms with Gasteiger partial charge in [-0.15, -0.1) is 0 Å². The highest BCUT2D eigenvalue weighted by Crippen LogP contribution is 2.17. The minimum absolute atomic E-state index is 0.0658. The predicted molar refractivity (Wildman–Crippen MR) is 81.4 cm³/mol. The lowest BCUT2D eigenvalue weighted by Crippen LogP contribution is -2.21.